The molecule has 2 aromatic carbocycles. The number of esters is 1. The van der Waals surface area contributed by atoms with Gasteiger partial charge in [-0.3, -0.25) is 9.59 Å². The smallest absolute Gasteiger partial charge is 0.310 e. The Labute approximate surface area is 167 Å². The van der Waals surface area contributed by atoms with E-state index >= 15 is 0 Å². The topological polar surface area (TPSA) is 63.6 Å². The van der Waals surface area contributed by atoms with Gasteiger partial charge in [-0.15, -0.1) is 0 Å². The van der Waals surface area contributed by atoms with Gasteiger partial charge in [-0.1, -0.05) is 36.4 Å². The summed E-state index contributed by atoms with van der Waals surface area (Å²) in [6.07, 6.45) is 4.95. The summed E-state index contributed by atoms with van der Waals surface area (Å²) >= 11 is 0. The SMILES string of the molecule is CCOC(=O)C/C(C(=O)/C=C/c1ccc(F)cc1)=C(O)\C=C\c1ccc(F)cc1. The molecule has 0 aliphatic heterocycles. The average molecular weight is 398 g/mol. The Kier molecular flexibility index (Phi) is 8.03. The number of aliphatic hydroxyl groups is 1. The van der Waals surface area contributed by atoms with Crippen molar-refractivity contribution in [3.8, 4) is 0 Å². The molecule has 1 N–H and O–H groups in total. The van der Waals surface area contributed by atoms with Gasteiger partial charge in [0, 0.05) is 0 Å². The van der Waals surface area contributed by atoms with E-state index in [4.69, 9.17) is 4.74 Å². The van der Waals surface area contributed by atoms with E-state index in [1.54, 1.807) is 6.92 Å². The number of hydrogen-bond donors (Lipinski definition) is 1. The minimum atomic E-state index is -0.659. The Morgan fingerprint density at radius 3 is 1.86 bits per heavy atom. The van der Waals surface area contributed by atoms with Crippen LogP contribution in [-0.2, 0) is 14.3 Å². The van der Waals surface area contributed by atoms with Gasteiger partial charge in [-0.25, -0.2) is 8.78 Å². The highest BCUT2D eigenvalue weighted by molar-refractivity contribution is 6.09. The van der Waals surface area contributed by atoms with Crippen molar-refractivity contribution in [1.29, 1.82) is 0 Å². The third kappa shape index (κ3) is 7.18. The predicted octanol–water partition coefficient (Wildman–Crippen LogP) is 5.03. The molecule has 4 nitrogen and oxygen atoms in total. The predicted molar refractivity (Wildman–Crippen MR) is 107 cm³/mol. The molecule has 0 aromatic heterocycles. The highest BCUT2D eigenvalue weighted by atomic mass is 19.1. The number of carbonyl (C=O) groups is 2. The Bertz CT molecular complexity index is 940. The summed E-state index contributed by atoms with van der Waals surface area (Å²) in [5.74, 6) is -2.46. The molecule has 0 spiro atoms. The maximum Gasteiger partial charge on any atom is 0.310 e. The van der Waals surface area contributed by atoms with Gasteiger partial charge in [0.25, 0.3) is 0 Å². The number of ketones is 1. The number of halogens is 2. The number of hydrogen-bond acceptors (Lipinski definition) is 4. The second kappa shape index (κ2) is 10.7. The van der Waals surface area contributed by atoms with Crippen LogP contribution < -0.4 is 0 Å². The molecule has 0 amide bonds. The average Bonchev–Trinajstić information content (AvgIpc) is 2.71. The fourth-order valence-electron chi connectivity index (χ4n) is 2.36. The normalized spacial score (nSPS) is 12.2. The highest BCUT2D eigenvalue weighted by Gasteiger charge is 2.17. The first-order valence-electron chi connectivity index (χ1n) is 8.88. The van der Waals surface area contributed by atoms with Gasteiger partial charge in [-0.2, -0.15) is 0 Å². The minimum Gasteiger partial charge on any atom is -0.508 e. The van der Waals surface area contributed by atoms with Crippen LogP contribution in [0.2, 0.25) is 0 Å². The Hall–Kier alpha value is -3.54. The molecule has 0 aliphatic rings. The lowest BCUT2D eigenvalue weighted by molar-refractivity contribution is -0.142. The van der Waals surface area contributed by atoms with E-state index in [0.717, 1.165) is 0 Å². The molecular weight excluding hydrogens is 378 g/mol. The minimum absolute atomic E-state index is 0.137. The van der Waals surface area contributed by atoms with Crippen LogP contribution in [0.1, 0.15) is 24.5 Å². The molecule has 0 bridgehead atoms. The van der Waals surface area contributed by atoms with Crippen molar-refractivity contribution >= 4 is 23.9 Å². The zero-order valence-electron chi connectivity index (χ0n) is 15.8. The maximum atomic E-state index is 13.0. The Morgan fingerprint density at radius 2 is 1.38 bits per heavy atom. The van der Waals surface area contributed by atoms with Crippen molar-refractivity contribution in [2.75, 3.05) is 6.61 Å². The summed E-state index contributed by atoms with van der Waals surface area (Å²) in [7, 11) is 0. The van der Waals surface area contributed by atoms with E-state index in [9.17, 15) is 23.5 Å². The summed E-state index contributed by atoms with van der Waals surface area (Å²) in [6, 6.07) is 11.0. The summed E-state index contributed by atoms with van der Waals surface area (Å²) < 4.78 is 30.8. The van der Waals surface area contributed by atoms with Crippen LogP contribution in [0.5, 0.6) is 0 Å². The van der Waals surface area contributed by atoms with Gasteiger partial charge in [0.15, 0.2) is 5.78 Å². The molecule has 0 radical (unpaired) electrons. The standard InChI is InChI=1S/C23H20F2O4/c1-2-29-23(28)15-20(21(26)13-7-16-3-9-18(24)10-4-16)22(27)14-8-17-5-11-19(25)12-6-17/h3-14,26H,2,15H2,1H3/b13-7+,14-8+,21-20-. The number of aliphatic hydroxyl groups excluding tert-OH is 1. The van der Waals surface area contributed by atoms with E-state index in [1.807, 2.05) is 0 Å². The summed E-state index contributed by atoms with van der Waals surface area (Å²) in [4.78, 5) is 24.4. The quantitative estimate of drug-likeness (QED) is 0.293. The lowest BCUT2D eigenvalue weighted by atomic mass is 10.0. The van der Waals surface area contributed by atoms with Crippen molar-refractivity contribution < 1.29 is 28.2 Å². The van der Waals surface area contributed by atoms with Crippen LogP contribution >= 0.6 is 0 Å². The molecule has 0 atom stereocenters. The third-order valence-corrected chi connectivity index (χ3v) is 3.83. The molecule has 0 saturated heterocycles. The first kappa shape index (κ1) is 21.8. The molecule has 6 heteroatoms. The Morgan fingerprint density at radius 1 is 0.897 bits per heavy atom. The molecule has 150 valence electrons. The number of carbonyl (C=O) groups excluding carboxylic acids is 2. The summed E-state index contributed by atoms with van der Waals surface area (Å²) in [5.41, 5.74) is 1.03. The molecule has 2 aromatic rings. The summed E-state index contributed by atoms with van der Waals surface area (Å²) in [6.45, 7) is 1.77. The summed E-state index contributed by atoms with van der Waals surface area (Å²) in [5, 5.41) is 10.4. The molecule has 0 unspecified atom stereocenters. The molecular formula is C23H20F2O4. The van der Waals surface area contributed by atoms with Gasteiger partial charge in [0.05, 0.1) is 18.6 Å². The second-order valence-corrected chi connectivity index (χ2v) is 5.98. The number of ether oxygens (including phenoxy) is 1. The fourth-order valence-corrected chi connectivity index (χ4v) is 2.36. The Balaban J connectivity index is 2.26. The van der Waals surface area contributed by atoms with E-state index in [0.29, 0.717) is 11.1 Å². The van der Waals surface area contributed by atoms with E-state index in [-0.39, 0.29) is 12.2 Å². The number of rotatable bonds is 8. The van der Waals surface area contributed by atoms with Crippen LogP contribution in [0.15, 0.2) is 72.0 Å². The van der Waals surface area contributed by atoms with Crippen molar-refractivity contribution in [2.24, 2.45) is 0 Å². The van der Waals surface area contributed by atoms with Crippen LogP contribution in [0.25, 0.3) is 12.2 Å². The lowest BCUT2D eigenvalue weighted by Crippen LogP contribution is -2.11. The van der Waals surface area contributed by atoms with Crippen molar-refractivity contribution in [2.45, 2.75) is 13.3 Å². The van der Waals surface area contributed by atoms with Gasteiger partial charge in [-0.05, 0) is 54.5 Å². The monoisotopic (exact) mass is 398 g/mol. The van der Waals surface area contributed by atoms with Crippen molar-refractivity contribution in [1.82, 2.24) is 0 Å². The molecule has 0 heterocycles. The zero-order valence-corrected chi connectivity index (χ0v) is 15.8. The van der Waals surface area contributed by atoms with Gasteiger partial charge < -0.3 is 9.84 Å². The van der Waals surface area contributed by atoms with E-state index in [2.05, 4.69) is 0 Å². The first-order valence-corrected chi connectivity index (χ1v) is 8.88. The van der Waals surface area contributed by atoms with Crippen molar-refractivity contribution in [3.05, 3.63) is 94.8 Å². The third-order valence-electron chi connectivity index (χ3n) is 3.83. The highest BCUT2D eigenvalue weighted by Crippen LogP contribution is 2.15. The molecule has 0 aliphatic carbocycles. The van der Waals surface area contributed by atoms with Crippen LogP contribution in [0.3, 0.4) is 0 Å². The maximum absolute atomic E-state index is 13.0. The zero-order chi connectivity index (χ0) is 21.2. The fraction of sp³-hybridized carbons (Fsp3) is 0.130. The molecule has 29 heavy (non-hydrogen) atoms. The van der Waals surface area contributed by atoms with Crippen LogP contribution in [-0.4, -0.2) is 23.5 Å². The van der Waals surface area contributed by atoms with E-state index < -0.39 is 35.6 Å². The van der Waals surface area contributed by atoms with Gasteiger partial charge in [0.1, 0.15) is 17.4 Å². The molecule has 0 fully saturated rings. The second-order valence-electron chi connectivity index (χ2n) is 5.98. The van der Waals surface area contributed by atoms with Gasteiger partial charge in [0.2, 0.25) is 0 Å². The number of allylic oxidation sites excluding steroid dienone is 2. The van der Waals surface area contributed by atoms with Crippen LogP contribution in [0, 0.1) is 11.6 Å². The van der Waals surface area contributed by atoms with Crippen LogP contribution in [0.4, 0.5) is 8.78 Å². The number of benzene rings is 2. The van der Waals surface area contributed by atoms with Gasteiger partial charge >= 0.3 is 5.97 Å². The molecule has 2 rings (SSSR count). The lowest BCUT2D eigenvalue weighted by Gasteiger charge is -2.06. The largest absolute Gasteiger partial charge is 0.508 e. The first-order chi connectivity index (χ1) is 13.9. The van der Waals surface area contributed by atoms with E-state index in [1.165, 1.54) is 72.8 Å². The molecule has 0 saturated carbocycles. The van der Waals surface area contributed by atoms with Crippen molar-refractivity contribution in [3.63, 3.8) is 0 Å².